The van der Waals surface area contributed by atoms with Gasteiger partial charge >= 0.3 is 0 Å². The van der Waals surface area contributed by atoms with Crippen molar-refractivity contribution < 1.29 is 18.3 Å². The lowest BCUT2D eigenvalue weighted by atomic mass is 9.94. The van der Waals surface area contributed by atoms with Gasteiger partial charge in [-0.2, -0.15) is 5.10 Å². The van der Waals surface area contributed by atoms with Gasteiger partial charge < -0.3 is 10.0 Å². The number of nitrogens with zero attached hydrogens (tertiary/aromatic N) is 2. The number of hydrogen-bond donors (Lipinski definition) is 2. The number of nitrogens with one attached hydrogen (secondary N) is 1. The molecule has 31 heavy (non-hydrogen) atoms. The number of benzene rings is 2. The SMILES string of the molecule is Cc1ccc(O)c(-c2n[nH]c3c2C(c2ccc(Br)cc2)N(C2CCS(=O)(=O)C2)C3=O)c1. The first-order valence-corrected chi connectivity index (χ1v) is 12.5. The van der Waals surface area contributed by atoms with E-state index in [0.717, 1.165) is 15.6 Å². The Morgan fingerprint density at radius 2 is 1.94 bits per heavy atom. The summed E-state index contributed by atoms with van der Waals surface area (Å²) in [6.45, 7) is 1.92. The average molecular weight is 502 g/mol. The van der Waals surface area contributed by atoms with Gasteiger partial charge in [0.1, 0.15) is 17.1 Å². The lowest BCUT2D eigenvalue weighted by Gasteiger charge is -2.31. The van der Waals surface area contributed by atoms with Crippen LogP contribution in [0.15, 0.2) is 46.9 Å². The Bertz CT molecular complexity index is 1300. The maximum absolute atomic E-state index is 13.4. The van der Waals surface area contributed by atoms with Gasteiger partial charge in [0.25, 0.3) is 5.91 Å². The summed E-state index contributed by atoms with van der Waals surface area (Å²) in [7, 11) is -3.18. The lowest BCUT2D eigenvalue weighted by molar-refractivity contribution is 0.0677. The van der Waals surface area contributed by atoms with Gasteiger partial charge in [0.15, 0.2) is 9.84 Å². The van der Waals surface area contributed by atoms with Crippen molar-refractivity contribution in [3.05, 3.63) is 69.3 Å². The number of H-pyrrole nitrogens is 1. The maximum Gasteiger partial charge on any atom is 0.273 e. The molecule has 7 nitrogen and oxygen atoms in total. The molecular formula is C22H20BrN3O4S. The topological polar surface area (TPSA) is 103 Å². The average Bonchev–Trinajstić information content (AvgIpc) is 3.38. The summed E-state index contributed by atoms with van der Waals surface area (Å²) in [4.78, 5) is 15.1. The Labute approximate surface area is 188 Å². The number of phenolic OH excluding ortho intramolecular Hbond substituents is 1. The molecule has 2 aliphatic rings. The van der Waals surface area contributed by atoms with Crippen LogP contribution in [0.2, 0.25) is 0 Å². The van der Waals surface area contributed by atoms with E-state index in [9.17, 15) is 18.3 Å². The molecule has 1 saturated heterocycles. The molecule has 2 N–H and O–H groups in total. The van der Waals surface area contributed by atoms with Crippen molar-refractivity contribution in [1.29, 1.82) is 0 Å². The molecule has 1 amide bonds. The third-order valence-electron chi connectivity index (χ3n) is 6.00. The Morgan fingerprint density at radius 1 is 1.19 bits per heavy atom. The van der Waals surface area contributed by atoms with Gasteiger partial charge in [-0.05, 0) is 43.2 Å². The highest BCUT2D eigenvalue weighted by Crippen LogP contribution is 2.46. The Balaban J connectivity index is 1.70. The number of aromatic hydroxyl groups is 1. The number of hydrogen-bond acceptors (Lipinski definition) is 5. The zero-order valence-electron chi connectivity index (χ0n) is 16.7. The second kappa shape index (κ2) is 7.20. The normalized spacial score (nSPS) is 22.1. The summed E-state index contributed by atoms with van der Waals surface area (Å²) >= 11 is 3.44. The van der Waals surface area contributed by atoms with E-state index in [2.05, 4.69) is 26.1 Å². The van der Waals surface area contributed by atoms with E-state index < -0.39 is 21.9 Å². The van der Waals surface area contributed by atoms with Crippen molar-refractivity contribution in [3.8, 4) is 17.0 Å². The van der Waals surface area contributed by atoms with Gasteiger partial charge in [0.2, 0.25) is 0 Å². The second-order valence-corrected chi connectivity index (χ2v) is 11.2. The van der Waals surface area contributed by atoms with E-state index >= 15 is 0 Å². The molecule has 3 aromatic rings. The summed E-state index contributed by atoms with van der Waals surface area (Å²) in [6, 6.07) is 12.0. The van der Waals surface area contributed by atoms with E-state index in [0.29, 0.717) is 28.9 Å². The van der Waals surface area contributed by atoms with Crippen molar-refractivity contribution in [1.82, 2.24) is 15.1 Å². The number of amides is 1. The van der Waals surface area contributed by atoms with Crippen LogP contribution in [0.3, 0.4) is 0 Å². The Kier molecular flexibility index (Phi) is 4.71. The van der Waals surface area contributed by atoms with E-state index in [1.54, 1.807) is 17.0 Å². The molecule has 0 radical (unpaired) electrons. The van der Waals surface area contributed by atoms with Crippen LogP contribution in [0.1, 0.15) is 39.6 Å². The van der Waals surface area contributed by atoms with Gasteiger partial charge in [0, 0.05) is 21.6 Å². The van der Waals surface area contributed by atoms with Crippen LogP contribution in [0, 0.1) is 6.92 Å². The quantitative estimate of drug-likeness (QED) is 0.570. The number of rotatable bonds is 3. The van der Waals surface area contributed by atoms with Crippen molar-refractivity contribution in [3.63, 3.8) is 0 Å². The van der Waals surface area contributed by atoms with Crippen LogP contribution in [0.25, 0.3) is 11.3 Å². The smallest absolute Gasteiger partial charge is 0.273 e. The molecule has 1 fully saturated rings. The highest BCUT2D eigenvalue weighted by atomic mass is 79.9. The summed E-state index contributed by atoms with van der Waals surface area (Å²) in [6.07, 6.45) is 0.407. The fourth-order valence-electron chi connectivity index (χ4n) is 4.55. The van der Waals surface area contributed by atoms with Crippen molar-refractivity contribution in [2.45, 2.75) is 25.4 Å². The molecule has 3 heterocycles. The number of aryl methyl sites for hydroxylation is 1. The third-order valence-corrected chi connectivity index (χ3v) is 8.28. The number of phenols is 1. The molecule has 9 heteroatoms. The summed E-state index contributed by atoms with van der Waals surface area (Å²) in [5.41, 5.74) is 3.85. The van der Waals surface area contributed by atoms with Crippen LogP contribution < -0.4 is 0 Å². The monoisotopic (exact) mass is 501 g/mol. The first-order valence-electron chi connectivity index (χ1n) is 9.92. The van der Waals surface area contributed by atoms with Crippen LogP contribution >= 0.6 is 15.9 Å². The largest absolute Gasteiger partial charge is 0.507 e. The first-order chi connectivity index (χ1) is 14.7. The molecule has 2 aromatic carbocycles. The van der Waals surface area contributed by atoms with Gasteiger partial charge in [-0.25, -0.2) is 8.42 Å². The van der Waals surface area contributed by atoms with Crippen molar-refractivity contribution >= 4 is 31.7 Å². The molecule has 0 aliphatic carbocycles. The fraction of sp³-hybridized carbons (Fsp3) is 0.273. The number of aromatic nitrogens is 2. The van der Waals surface area contributed by atoms with E-state index in [4.69, 9.17) is 0 Å². The van der Waals surface area contributed by atoms with E-state index in [1.165, 1.54) is 0 Å². The number of sulfone groups is 1. The lowest BCUT2D eigenvalue weighted by Crippen LogP contribution is -2.40. The molecular weight excluding hydrogens is 482 g/mol. The molecule has 2 atom stereocenters. The molecule has 0 spiro atoms. The summed E-state index contributed by atoms with van der Waals surface area (Å²) in [5, 5.41) is 17.7. The van der Waals surface area contributed by atoms with Crippen molar-refractivity contribution in [2.24, 2.45) is 0 Å². The summed E-state index contributed by atoms with van der Waals surface area (Å²) < 4.78 is 25.3. The third kappa shape index (κ3) is 3.36. The minimum Gasteiger partial charge on any atom is -0.507 e. The minimum atomic E-state index is -3.18. The minimum absolute atomic E-state index is 0.0471. The second-order valence-electron chi connectivity index (χ2n) is 8.10. The van der Waals surface area contributed by atoms with Gasteiger partial charge in [-0.1, -0.05) is 39.7 Å². The predicted molar refractivity (Wildman–Crippen MR) is 120 cm³/mol. The molecule has 2 unspecified atom stereocenters. The zero-order valence-corrected chi connectivity index (χ0v) is 19.1. The Morgan fingerprint density at radius 3 is 2.61 bits per heavy atom. The van der Waals surface area contributed by atoms with Crippen LogP contribution in [-0.4, -0.2) is 52.1 Å². The van der Waals surface area contributed by atoms with Crippen LogP contribution in [0.5, 0.6) is 5.75 Å². The number of carbonyl (C=O) groups is 1. The standard InChI is InChI=1S/C22H20BrN3O4S/c1-12-2-7-17(27)16(10-12)19-18-20(25-24-19)22(28)26(15-8-9-31(29,30)11-15)21(18)13-3-5-14(23)6-4-13/h2-7,10,15,21,27H,8-9,11H2,1H3,(H,24,25). The first kappa shape index (κ1) is 20.3. The molecule has 160 valence electrons. The zero-order chi connectivity index (χ0) is 21.9. The number of fused-ring (bicyclic) bond motifs is 1. The number of carbonyl (C=O) groups excluding carboxylic acids is 1. The van der Waals surface area contributed by atoms with Crippen LogP contribution in [0.4, 0.5) is 0 Å². The Hall–Kier alpha value is -2.65. The molecule has 0 saturated carbocycles. The highest BCUT2D eigenvalue weighted by Gasteiger charge is 2.48. The van der Waals surface area contributed by atoms with Crippen LogP contribution in [-0.2, 0) is 9.84 Å². The van der Waals surface area contributed by atoms with Gasteiger partial charge in [-0.15, -0.1) is 0 Å². The molecule has 1 aromatic heterocycles. The van der Waals surface area contributed by atoms with Gasteiger partial charge in [-0.3, -0.25) is 9.89 Å². The summed E-state index contributed by atoms with van der Waals surface area (Å²) in [5.74, 6) is -0.166. The fourth-order valence-corrected chi connectivity index (χ4v) is 6.53. The maximum atomic E-state index is 13.4. The highest BCUT2D eigenvalue weighted by molar-refractivity contribution is 9.10. The molecule has 5 rings (SSSR count). The van der Waals surface area contributed by atoms with Crippen molar-refractivity contribution in [2.75, 3.05) is 11.5 Å². The van der Waals surface area contributed by atoms with E-state index in [1.807, 2.05) is 37.3 Å². The van der Waals surface area contributed by atoms with E-state index in [-0.39, 0.29) is 23.2 Å². The molecule has 0 bridgehead atoms. The predicted octanol–water partition coefficient (Wildman–Crippen LogP) is 3.59. The number of aromatic amines is 1. The number of halogens is 1. The van der Waals surface area contributed by atoms with Gasteiger partial charge in [0.05, 0.1) is 17.5 Å². The molecule has 2 aliphatic heterocycles.